The molecule has 1 aromatic heterocycles. The first-order chi connectivity index (χ1) is 18.0. The van der Waals surface area contributed by atoms with Gasteiger partial charge in [-0.3, -0.25) is 4.79 Å². The molecule has 0 N–H and O–H groups in total. The molecule has 4 aromatic rings. The van der Waals surface area contributed by atoms with Crippen LogP contribution < -0.4 is 18.9 Å². The normalized spacial score (nSPS) is 10.8. The number of esters is 1. The van der Waals surface area contributed by atoms with E-state index < -0.39 is 0 Å². The predicted molar refractivity (Wildman–Crippen MR) is 140 cm³/mol. The standard InChI is InChI=1S/C29H32N2O6/c1-5-35-29(32)15-9-21-8-12-24(17-27(21)37-18-20-6-10-22(33-3)11-7-20)36-19-28-30-25-14-13-23(34-4)16-26(25)31(28)2/h6-8,10-14,16-17H,5,9,15,18-19H2,1-4H3. The number of nitrogens with zero attached hydrogens (tertiary/aromatic N) is 2. The Labute approximate surface area is 216 Å². The summed E-state index contributed by atoms with van der Waals surface area (Å²) >= 11 is 0. The van der Waals surface area contributed by atoms with Crippen LogP contribution >= 0.6 is 0 Å². The van der Waals surface area contributed by atoms with Gasteiger partial charge in [-0.2, -0.15) is 0 Å². The van der Waals surface area contributed by atoms with Crippen LogP contribution in [0.25, 0.3) is 11.0 Å². The minimum atomic E-state index is -0.234. The number of imidazole rings is 1. The van der Waals surface area contributed by atoms with E-state index in [2.05, 4.69) is 4.98 Å². The Morgan fingerprint density at radius 1 is 0.865 bits per heavy atom. The van der Waals surface area contributed by atoms with Crippen LogP contribution in [0.1, 0.15) is 30.3 Å². The van der Waals surface area contributed by atoms with Gasteiger partial charge in [-0.25, -0.2) is 4.98 Å². The first-order valence-corrected chi connectivity index (χ1v) is 12.2. The first-order valence-electron chi connectivity index (χ1n) is 12.2. The van der Waals surface area contributed by atoms with Gasteiger partial charge in [0.25, 0.3) is 0 Å². The molecule has 0 saturated carbocycles. The van der Waals surface area contributed by atoms with Crippen molar-refractivity contribution >= 4 is 17.0 Å². The van der Waals surface area contributed by atoms with Crippen LogP contribution in [0.4, 0.5) is 0 Å². The molecule has 0 atom stereocenters. The lowest BCUT2D eigenvalue weighted by Gasteiger charge is -2.14. The molecule has 3 aromatic carbocycles. The Balaban J connectivity index is 1.50. The number of carbonyl (C=O) groups excluding carboxylic acids is 1. The molecule has 4 rings (SSSR count). The largest absolute Gasteiger partial charge is 0.497 e. The summed E-state index contributed by atoms with van der Waals surface area (Å²) in [4.78, 5) is 16.6. The van der Waals surface area contributed by atoms with E-state index in [1.165, 1.54) is 0 Å². The van der Waals surface area contributed by atoms with Crippen LogP contribution in [0.3, 0.4) is 0 Å². The number of methoxy groups -OCH3 is 2. The van der Waals surface area contributed by atoms with Crippen LogP contribution in [0, 0.1) is 0 Å². The third-order valence-corrected chi connectivity index (χ3v) is 6.04. The lowest BCUT2D eigenvalue weighted by molar-refractivity contribution is -0.143. The Morgan fingerprint density at radius 2 is 1.59 bits per heavy atom. The fraction of sp³-hybridized carbons (Fsp3) is 0.310. The summed E-state index contributed by atoms with van der Waals surface area (Å²) in [6, 6.07) is 19.1. The first kappa shape index (κ1) is 25.9. The molecule has 37 heavy (non-hydrogen) atoms. The number of aromatic nitrogens is 2. The zero-order valence-corrected chi connectivity index (χ0v) is 21.7. The molecule has 0 saturated heterocycles. The second-order valence-corrected chi connectivity index (χ2v) is 8.44. The number of benzene rings is 3. The summed E-state index contributed by atoms with van der Waals surface area (Å²) in [5.74, 6) is 3.43. The van der Waals surface area contributed by atoms with Crippen LogP contribution in [-0.4, -0.2) is 36.3 Å². The van der Waals surface area contributed by atoms with Gasteiger partial charge in [-0.1, -0.05) is 18.2 Å². The van der Waals surface area contributed by atoms with Crippen molar-refractivity contribution in [3.63, 3.8) is 0 Å². The lowest BCUT2D eigenvalue weighted by Crippen LogP contribution is -2.07. The van der Waals surface area contributed by atoms with Gasteiger partial charge in [-0.15, -0.1) is 0 Å². The van der Waals surface area contributed by atoms with Gasteiger partial charge in [0.15, 0.2) is 0 Å². The highest BCUT2D eigenvalue weighted by atomic mass is 16.5. The van der Waals surface area contributed by atoms with Crippen LogP contribution in [0.15, 0.2) is 60.7 Å². The Kier molecular flexibility index (Phi) is 8.51. The Hall–Kier alpha value is -4.20. The van der Waals surface area contributed by atoms with E-state index in [0.717, 1.165) is 39.5 Å². The maximum absolute atomic E-state index is 11.9. The average molecular weight is 505 g/mol. The molecule has 0 radical (unpaired) electrons. The van der Waals surface area contributed by atoms with Gasteiger partial charge >= 0.3 is 5.97 Å². The predicted octanol–water partition coefficient (Wildman–Crippen LogP) is 5.24. The molecule has 8 heteroatoms. The zero-order chi connectivity index (χ0) is 26.2. The number of ether oxygens (including phenoxy) is 5. The lowest BCUT2D eigenvalue weighted by atomic mass is 10.1. The number of rotatable bonds is 12. The van der Waals surface area contributed by atoms with Crippen molar-refractivity contribution in [2.75, 3.05) is 20.8 Å². The zero-order valence-electron chi connectivity index (χ0n) is 21.7. The maximum atomic E-state index is 11.9. The Morgan fingerprint density at radius 3 is 2.32 bits per heavy atom. The molecule has 0 aliphatic carbocycles. The highest BCUT2D eigenvalue weighted by Crippen LogP contribution is 2.29. The van der Waals surface area contributed by atoms with Crippen molar-refractivity contribution in [3.8, 4) is 23.0 Å². The molecule has 8 nitrogen and oxygen atoms in total. The van der Waals surface area contributed by atoms with Gasteiger partial charge in [0.1, 0.15) is 42.0 Å². The molecule has 194 valence electrons. The van der Waals surface area contributed by atoms with Crippen LogP contribution in [0.2, 0.25) is 0 Å². The molecule has 1 heterocycles. The number of carbonyl (C=O) groups is 1. The van der Waals surface area contributed by atoms with Crippen molar-refractivity contribution in [2.45, 2.75) is 33.0 Å². The monoisotopic (exact) mass is 504 g/mol. The van der Waals surface area contributed by atoms with E-state index in [1.807, 2.05) is 72.3 Å². The third-order valence-electron chi connectivity index (χ3n) is 6.04. The molecule has 0 spiro atoms. The molecule has 0 fully saturated rings. The molecular formula is C29H32N2O6. The van der Waals surface area contributed by atoms with Gasteiger partial charge in [0.05, 0.1) is 31.9 Å². The second-order valence-electron chi connectivity index (χ2n) is 8.44. The van der Waals surface area contributed by atoms with Gasteiger partial charge in [0, 0.05) is 25.6 Å². The maximum Gasteiger partial charge on any atom is 0.306 e. The molecular weight excluding hydrogens is 472 g/mol. The van der Waals surface area contributed by atoms with Crippen molar-refractivity contribution in [2.24, 2.45) is 7.05 Å². The molecule has 0 amide bonds. The quantitative estimate of drug-likeness (QED) is 0.244. The van der Waals surface area contributed by atoms with Crippen LogP contribution in [0.5, 0.6) is 23.0 Å². The Bertz CT molecular complexity index is 1350. The van der Waals surface area contributed by atoms with Crippen molar-refractivity contribution in [1.82, 2.24) is 9.55 Å². The summed E-state index contributed by atoms with van der Waals surface area (Å²) in [5, 5.41) is 0. The smallest absolute Gasteiger partial charge is 0.306 e. The highest BCUT2D eigenvalue weighted by Gasteiger charge is 2.13. The van der Waals surface area contributed by atoms with E-state index in [-0.39, 0.29) is 19.0 Å². The highest BCUT2D eigenvalue weighted by molar-refractivity contribution is 5.77. The summed E-state index contributed by atoms with van der Waals surface area (Å²) in [5.41, 5.74) is 3.75. The summed E-state index contributed by atoms with van der Waals surface area (Å²) in [7, 11) is 5.23. The number of hydrogen-bond donors (Lipinski definition) is 0. The van der Waals surface area contributed by atoms with E-state index in [1.54, 1.807) is 21.1 Å². The number of aryl methyl sites for hydroxylation is 2. The SMILES string of the molecule is CCOC(=O)CCc1ccc(OCc2nc3ccc(OC)cc3n2C)cc1OCc1ccc(OC)cc1. The molecule has 0 aliphatic rings. The van der Waals surface area contributed by atoms with E-state index in [4.69, 9.17) is 23.7 Å². The topological polar surface area (TPSA) is 81.0 Å². The molecule has 0 bridgehead atoms. The fourth-order valence-electron chi connectivity index (χ4n) is 3.94. The minimum Gasteiger partial charge on any atom is -0.497 e. The average Bonchev–Trinajstić information content (AvgIpc) is 3.24. The minimum absolute atomic E-state index is 0.234. The van der Waals surface area contributed by atoms with E-state index in [9.17, 15) is 4.79 Å². The molecule has 0 unspecified atom stereocenters. The van der Waals surface area contributed by atoms with Gasteiger partial charge in [-0.05, 0) is 54.8 Å². The van der Waals surface area contributed by atoms with E-state index >= 15 is 0 Å². The van der Waals surface area contributed by atoms with E-state index in [0.29, 0.717) is 31.1 Å². The van der Waals surface area contributed by atoms with Crippen molar-refractivity contribution in [1.29, 1.82) is 0 Å². The molecule has 0 aliphatic heterocycles. The van der Waals surface area contributed by atoms with Gasteiger partial charge in [0.2, 0.25) is 0 Å². The van der Waals surface area contributed by atoms with Crippen molar-refractivity contribution < 1.29 is 28.5 Å². The van der Waals surface area contributed by atoms with Crippen LogP contribution in [-0.2, 0) is 36.2 Å². The second kappa shape index (κ2) is 12.2. The summed E-state index contributed by atoms with van der Waals surface area (Å²) in [6.45, 7) is 2.82. The van der Waals surface area contributed by atoms with Crippen molar-refractivity contribution in [3.05, 3.63) is 77.6 Å². The summed E-state index contributed by atoms with van der Waals surface area (Å²) < 4.78 is 29.9. The number of hydrogen-bond acceptors (Lipinski definition) is 7. The number of fused-ring (bicyclic) bond motifs is 1. The third kappa shape index (κ3) is 6.52. The van der Waals surface area contributed by atoms with Gasteiger partial charge < -0.3 is 28.3 Å². The fourth-order valence-corrected chi connectivity index (χ4v) is 3.94. The summed E-state index contributed by atoms with van der Waals surface area (Å²) in [6.07, 6.45) is 0.778.